The van der Waals surface area contributed by atoms with Crippen molar-refractivity contribution in [1.29, 1.82) is 0 Å². The van der Waals surface area contributed by atoms with Gasteiger partial charge in [0.1, 0.15) is 12.6 Å². The summed E-state index contributed by atoms with van der Waals surface area (Å²) in [6.07, 6.45) is 2.06. The van der Waals surface area contributed by atoms with Crippen LogP contribution in [0.5, 0.6) is 0 Å². The summed E-state index contributed by atoms with van der Waals surface area (Å²) in [5, 5.41) is 4.50. The van der Waals surface area contributed by atoms with Crippen LogP contribution in [0.1, 0.15) is 26.2 Å². The van der Waals surface area contributed by atoms with Crippen LogP contribution in [0.3, 0.4) is 0 Å². The zero-order valence-electron chi connectivity index (χ0n) is 9.72. The van der Waals surface area contributed by atoms with Gasteiger partial charge < -0.3 is 15.4 Å². The maximum atomic E-state index is 11.3. The summed E-state index contributed by atoms with van der Waals surface area (Å²) in [7, 11) is 0. The molecule has 7 heteroatoms. The van der Waals surface area contributed by atoms with Gasteiger partial charge in [0.15, 0.2) is 0 Å². The van der Waals surface area contributed by atoms with Gasteiger partial charge in [0.25, 0.3) is 3.79 Å². The summed E-state index contributed by atoms with van der Waals surface area (Å²) >= 11 is 17.5. The van der Waals surface area contributed by atoms with E-state index in [-0.39, 0.29) is 12.0 Å². The second-order valence-electron chi connectivity index (χ2n) is 4.05. The Labute approximate surface area is 116 Å². The van der Waals surface area contributed by atoms with Crippen LogP contribution >= 0.6 is 34.8 Å². The third kappa shape index (κ3) is 5.62. The summed E-state index contributed by atoms with van der Waals surface area (Å²) in [4.78, 5) is 11.3. The fourth-order valence-electron chi connectivity index (χ4n) is 1.67. The summed E-state index contributed by atoms with van der Waals surface area (Å²) in [5.74, 6) is -0.134. The van der Waals surface area contributed by atoms with E-state index in [1.807, 2.05) is 5.32 Å². The van der Waals surface area contributed by atoms with Gasteiger partial charge in [-0.1, -0.05) is 41.7 Å². The molecule has 3 N–H and O–H groups in total. The molecule has 0 aromatic rings. The van der Waals surface area contributed by atoms with Gasteiger partial charge in [-0.2, -0.15) is 0 Å². The average Bonchev–Trinajstić information content (AvgIpc) is 2.74. The zero-order chi connectivity index (χ0) is 12.9. The van der Waals surface area contributed by atoms with Gasteiger partial charge in [-0.05, 0) is 12.8 Å². The summed E-state index contributed by atoms with van der Waals surface area (Å²) in [6, 6.07) is 0. The molecule has 0 aromatic heterocycles. The predicted molar refractivity (Wildman–Crippen MR) is 68.3 cm³/mol. The number of amides is 1. The van der Waals surface area contributed by atoms with E-state index in [9.17, 15) is 4.79 Å². The molecule has 0 bridgehead atoms. The Bertz CT molecular complexity index is 252. The molecule has 1 amide bonds. The maximum Gasteiger partial charge on any atom is 0.262 e. The van der Waals surface area contributed by atoms with Gasteiger partial charge in [-0.15, -0.1) is 0 Å². The van der Waals surface area contributed by atoms with Gasteiger partial charge in [0, 0.05) is 13.0 Å². The number of halogens is 3. The number of nitrogens with one attached hydrogen (secondary N) is 1. The van der Waals surface area contributed by atoms with Crippen LogP contribution in [-0.2, 0) is 9.53 Å². The van der Waals surface area contributed by atoms with Crippen molar-refractivity contribution in [1.82, 2.24) is 5.32 Å². The number of hydrogen-bond donors (Lipinski definition) is 2. The molecule has 0 unspecified atom stereocenters. The van der Waals surface area contributed by atoms with Gasteiger partial charge in [-0.3, -0.25) is 4.79 Å². The third-order valence-corrected chi connectivity index (χ3v) is 3.35. The molecule has 0 saturated carbocycles. The number of rotatable bonds is 5. The van der Waals surface area contributed by atoms with Crippen molar-refractivity contribution in [3.63, 3.8) is 0 Å². The van der Waals surface area contributed by atoms with Crippen molar-refractivity contribution >= 4 is 40.7 Å². The topological polar surface area (TPSA) is 54.9 Å². The molecule has 1 aliphatic rings. The normalized spacial score (nSPS) is 22.5. The van der Waals surface area contributed by atoms with E-state index in [1.54, 1.807) is 6.92 Å². The van der Waals surface area contributed by atoms with E-state index in [0.29, 0.717) is 13.0 Å². The van der Waals surface area contributed by atoms with E-state index >= 15 is 0 Å². The number of nitrogens with two attached hydrogens (primary N) is 1. The Morgan fingerprint density at radius 1 is 1.59 bits per heavy atom. The highest BCUT2D eigenvalue weighted by Gasteiger charge is 2.37. The molecule has 17 heavy (non-hydrogen) atoms. The molecule has 0 aliphatic carbocycles. The quantitative estimate of drug-likeness (QED) is 0.587. The molecular formula is C10H18Cl3N2O2+. The molecule has 1 saturated heterocycles. The van der Waals surface area contributed by atoms with Crippen LogP contribution in [0.4, 0.5) is 0 Å². The minimum atomic E-state index is -1.52. The number of alkyl halides is 3. The highest BCUT2D eigenvalue weighted by Crippen LogP contribution is 2.27. The minimum Gasteiger partial charge on any atom is -0.372 e. The molecule has 1 rings (SSSR count). The van der Waals surface area contributed by atoms with Gasteiger partial charge in [0.2, 0.25) is 12.1 Å². The lowest BCUT2D eigenvalue weighted by molar-refractivity contribution is -0.697. The van der Waals surface area contributed by atoms with E-state index in [4.69, 9.17) is 39.5 Å². The second kappa shape index (κ2) is 7.00. The number of ether oxygens (including phenoxy) is 1. The molecule has 1 fully saturated rings. The van der Waals surface area contributed by atoms with Crippen molar-refractivity contribution in [2.75, 3.05) is 13.2 Å². The third-order valence-electron chi connectivity index (χ3n) is 2.65. The van der Waals surface area contributed by atoms with Crippen molar-refractivity contribution in [3.05, 3.63) is 0 Å². The monoisotopic (exact) mass is 303 g/mol. The van der Waals surface area contributed by atoms with Crippen molar-refractivity contribution in [2.24, 2.45) is 0 Å². The summed E-state index contributed by atoms with van der Waals surface area (Å²) in [6.45, 7) is 3.23. The molecule has 0 aromatic carbocycles. The smallest absolute Gasteiger partial charge is 0.262 e. The van der Waals surface area contributed by atoms with Crippen molar-refractivity contribution in [3.8, 4) is 0 Å². The Morgan fingerprint density at radius 2 is 2.29 bits per heavy atom. The first-order valence-electron chi connectivity index (χ1n) is 5.74. The zero-order valence-corrected chi connectivity index (χ0v) is 12.0. The average molecular weight is 305 g/mol. The number of quaternary nitrogens is 1. The van der Waals surface area contributed by atoms with E-state index in [0.717, 1.165) is 19.4 Å². The highest BCUT2D eigenvalue weighted by molar-refractivity contribution is 6.68. The molecule has 100 valence electrons. The summed E-state index contributed by atoms with van der Waals surface area (Å²) < 4.78 is 3.95. The van der Waals surface area contributed by atoms with Crippen LogP contribution in [0.15, 0.2) is 0 Å². The Kier molecular flexibility index (Phi) is 6.31. The molecule has 0 spiro atoms. The molecule has 1 aliphatic heterocycles. The van der Waals surface area contributed by atoms with Crippen LogP contribution in [-0.4, -0.2) is 35.1 Å². The van der Waals surface area contributed by atoms with Crippen LogP contribution < -0.4 is 10.6 Å². The predicted octanol–water partition coefficient (Wildman–Crippen LogP) is 0.951. The number of carbonyl (C=O) groups is 1. The van der Waals surface area contributed by atoms with Crippen LogP contribution in [0.25, 0.3) is 0 Å². The fourth-order valence-corrected chi connectivity index (χ4v) is 2.10. The number of carbonyl (C=O) groups excluding carboxylic acids is 1. The molecular weight excluding hydrogens is 286 g/mol. The lowest BCUT2D eigenvalue weighted by atomic mass is 10.2. The lowest BCUT2D eigenvalue weighted by Gasteiger charge is -2.24. The fraction of sp³-hybridized carbons (Fsp3) is 0.900. The Balaban J connectivity index is 2.42. The highest BCUT2D eigenvalue weighted by atomic mass is 35.6. The first kappa shape index (κ1) is 15.3. The van der Waals surface area contributed by atoms with E-state index in [2.05, 4.69) is 5.32 Å². The van der Waals surface area contributed by atoms with E-state index < -0.39 is 9.96 Å². The standard InChI is InChI=1S/C10H17Cl3N2O2/c1-2-8(16)15-9(10(11,12)13)14-6-7-4-3-5-17-7/h7,9,14H,2-6H2,1H3,(H,15,16)/p+1/t7-,9-/m1/s1. The molecule has 4 nitrogen and oxygen atoms in total. The van der Waals surface area contributed by atoms with Crippen LogP contribution in [0.2, 0.25) is 0 Å². The minimum absolute atomic E-state index is 0.134. The number of hydrogen-bond acceptors (Lipinski definition) is 2. The lowest BCUT2D eigenvalue weighted by Crippen LogP contribution is -2.97. The Hall–Kier alpha value is 0.260. The van der Waals surface area contributed by atoms with Crippen molar-refractivity contribution < 1.29 is 14.8 Å². The molecule has 2 atom stereocenters. The van der Waals surface area contributed by atoms with Gasteiger partial charge in [0.05, 0.1) is 0 Å². The Morgan fingerprint density at radius 3 is 2.76 bits per heavy atom. The molecule has 0 radical (unpaired) electrons. The summed E-state index contributed by atoms with van der Waals surface area (Å²) in [5.41, 5.74) is 0. The largest absolute Gasteiger partial charge is 0.372 e. The molecule has 1 heterocycles. The van der Waals surface area contributed by atoms with Gasteiger partial charge >= 0.3 is 0 Å². The first-order chi connectivity index (χ1) is 7.93. The van der Waals surface area contributed by atoms with Crippen molar-refractivity contribution in [2.45, 2.75) is 42.2 Å². The maximum absolute atomic E-state index is 11.3. The van der Waals surface area contributed by atoms with Gasteiger partial charge in [-0.25, -0.2) is 0 Å². The SMILES string of the molecule is CCC(=O)N[C@@H]([NH2+]C[C@H]1CCCO1)C(Cl)(Cl)Cl. The second-order valence-corrected chi connectivity index (χ2v) is 6.42. The van der Waals surface area contributed by atoms with E-state index in [1.165, 1.54) is 0 Å². The van der Waals surface area contributed by atoms with Crippen LogP contribution in [0, 0.1) is 0 Å². The first-order valence-corrected chi connectivity index (χ1v) is 6.88.